The molecule has 8 heteroatoms. The number of aliphatic imine (C=N–C) groups is 1. The van der Waals surface area contributed by atoms with E-state index in [2.05, 4.69) is 20.2 Å². The molecule has 0 amide bonds. The van der Waals surface area contributed by atoms with Crippen molar-refractivity contribution in [2.75, 3.05) is 4.90 Å². The van der Waals surface area contributed by atoms with Gasteiger partial charge in [-0.1, -0.05) is 12.1 Å². The van der Waals surface area contributed by atoms with Gasteiger partial charge in [-0.25, -0.2) is 4.39 Å². The fourth-order valence-electron chi connectivity index (χ4n) is 3.64. The molecule has 2 aromatic heterocycles. The molecule has 0 radical (unpaired) electrons. The Labute approximate surface area is 165 Å². The van der Waals surface area contributed by atoms with E-state index in [1.807, 2.05) is 18.2 Å². The maximum atomic E-state index is 15.5. The van der Waals surface area contributed by atoms with Crippen molar-refractivity contribution in [2.24, 2.45) is 4.99 Å². The molecular formula is C21H18F3N5. The van der Waals surface area contributed by atoms with Crippen LogP contribution in [0.4, 0.5) is 24.7 Å². The molecule has 0 bridgehead atoms. The number of aromatic amines is 1. The molecule has 148 valence electrons. The number of rotatable bonds is 4. The van der Waals surface area contributed by atoms with E-state index in [1.54, 1.807) is 13.0 Å². The maximum absolute atomic E-state index is 15.5. The molecule has 1 N–H and O–H groups in total. The van der Waals surface area contributed by atoms with E-state index in [1.165, 1.54) is 11.1 Å². The maximum Gasteiger partial charge on any atom is 0.329 e. The molecule has 29 heavy (non-hydrogen) atoms. The molecule has 0 saturated heterocycles. The second kappa shape index (κ2) is 6.43. The second-order valence-electron chi connectivity index (χ2n) is 7.51. The van der Waals surface area contributed by atoms with Crippen molar-refractivity contribution in [1.82, 2.24) is 15.2 Å². The monoisotopic (exact) mass is 397 g/mol. The first-order chi connectivity index (χ1) is 13.9. The van der Waals surface area contributed by atoms with Gasteiger partial charge in [0.1, 0.15) is 11.5 Å². The van der Waals surface area contributed by atoms with E-state index in [0.717, 1.165) is 48.0 Å². The van der Waals surface area contributed by atoms with E-state index >= 15 is 8.78 Å². The zero-order chi connectivity index (χ0) is 20.2. The molecule has 5 nitrogen and oxygen atoms in total. The fraction of sp³-hybridized carbons (Fsp3) is 0.286. The Hall–Kier alpha value is -3.16. The summed E-state index contributed by atoms with van der Waals surface area (Å²) >= 11 is 0. The van der Waals surface area contributed by atoms with Crippen LogP contribution >= 0.6 is 0 Å². The third-order valence-electron chi connectivity index (χ3n) is 5.29. The summed E-state index contributed by atoms with van der Waals surface area (Å²) in [7, 11) is 0. The van der Waals surface area contributed by atoms with Crippen LogP contribution < -0.4 is 4.90 Å². The normalized spacial score (nSPS) is 18.8. The number of hydrogen-bond donors (Lipinski definition) is 1. The minimum absolute atomic E-state index is 0.348. The number of H-pyrrole nitrogens is 1. The zero-order valence-corrected chi connectivity index (χ0v) is 15.6. The number of aryl methyl sites for hydroxylation is 1. The molecule has 1 fully saturated rings. The molecule has 1 atom stereocenters. The first-order valence-electron chi connectivity index (χ1n) is 9.42. The quantitative estimate of drug-likeness (QED) is 0.687. The van der Waals surface area contributed by atoms with Crippen molar-refractivity contribution >= 4 is 17.7 Å². The highest BCUT2D eigenvalue weighted by atomic mass is 19.3. The smallest absolute Gasteiger partial charge is 0.296 e. The van der Waals surface area contributed by atoms with Crippen molar-refractivity contribution in [3.8, 4) is 0 Å². The Morgan fingerprint density at radius 3 is 2.62 bits per heavy atom. The molecule has 2 aliphatic rings. The molecular weight excluding hydrogens is 379 g/mol. The Balaban J connectivity index is 1.64. The Kier molecular flexibility index (Phi) is 3.97. The molecule has 3 heterocycles. The van der Waals surface area contributed by atoms with Gasteiger partial charge in [-0.15, -0.1) is 0 Å². The van der Waals surface area contributed by atoms with Crippen molar-refractivity contribution in [2.45, 2.75) is 37.8 Å². The van der Waals surface area contributed by atoms with Crippen LogP contribution in [-0.4, -0.2) is 27.6 Å². The van der Waals surface area contributed by atoms with E-state index in [9.17, 15) is 4.39 Å². The Bertz CT molecular complexity index is 1090. The Morgan fingerprint density at radius 1 is 1.14 bits per heavy atom. The van der Waals surface area contributed by atoms with Gasteiger partial charge in [0.05, 0.1) is 11.9 Å². The third-order valence-corrected chi connectivity index (χ3v) is 5.29. The van der Waals surface area contributed by atoms with E-state index in [0.29, 0.717) is 17.4 Å². The number of fused-ring (bicyclic) bond motifs is 1. The number of aromatic nitrogens is 3. The van der Waals surface area contributed by atoms with Crippen LogP contribution in [-0.2, 0) is 5.92 Å². The van der Waals surface area contributed by atoms with Crippen LogP contribution in [0.2, 0.25) is 0 Å². The lowest BCUT2D eigenvalue weighted by molar-refractivity contribution is -0.0329. The summed E-state index contributed by atoms with van der Waals surface area (Å²) in [6.45, 7) is 1.81. The minimum Gasteiger partial charge on any atom is -0.296 e. The topological polar surface area (TPSA) is 57.2 Å². The van der Waals surface area contributed by atoms with E-state index in [4.69, 9.17) is 0 Å². The molecule has 5 rings (SSSR count). The lowest BCUT2D eigenvalue weighted by atomic mass is 10.0. The van der Waals surface area contributed by atoms with Gasteiger partial charge in [-0.2, -0.15) is 13.9 Å². The van der Waals surface area contributed by atoms with Crippen molar-refractivity contribution in [1.29, 1.82) is 0 Å². The summed E-state index contributed by atoms with van der Waals surface area (Å²) in [5, 5.41) is 7.03. The van der Waals surface area contributed by atoms with Crippen LogP contribution in [0, 0.1) is 12.7 Å². The first-order valence-corrected chi connectivity index (χ1v) is 9.42. The molecule has 1 saturated carbocycles. The van der Waals surface area contributed by atoms with Crippen LogP contribution in [0.3, 0.4) is 0 Å². The summed E-state index contributed by atoms with van der Waals surface area (Å²) < 4.78 is 44.2. The summed E-state index contributed by atoms with van der Waals surface area (Å²) in [5.41, 5.74) is 2.70. The highest BCUT2D eigenvalue weighted by Gasteiger charge is 2.49. The fourth-order valence-corrected chi connectivity index (χ4v) is 3.64. The lowest BCUT2D eigenvalue weighted by Gasteiger charge is -2.37. The largest absolute Gasteiger partial charge is 0.329 e. The second-order valence-corrected chi connectivity index (χ2v) is 7.51. The average molecular weight is 397 g/mol. The van der Waals surface area contributed by atoms with Gasteiger partial charge in [-0.3, -0.25) is 20.0 Å². The number of anilines is 2. The van der Waals surface area contributed by atoms with Crippen LogP contribution in [0.15, 0.2) is 47.6 Å². The van der Waals surface area contributed by atoms with Gasteiger partial charge in [0.15, 0.2) is 12.0 Å². The third kappa shape index (κ3) is 3.08. The molecule has 1 aliphatic heterocycles. The summed E-state index contributed by atoms with van der Waals surface area (Å²) in [6, 6.07) is 9.55. The first kappa shape index (κ1) is 17.9. The number of nitrogens with zero attached hydrogens (tertiary/aromatic N) is 4. The standard InChI is InChI=1S/C21H18F3N5/c1-12-8-19(28-27-12)29-17-9-14(13-2-3-13)4-5-15(17)10-26-20(29)21(23,24)18-7-6-16(22)11-25-18/h4-11,13,20H,2-3H2,1H3,(H,27,28). The van der Waals surface area contributed by atoms with Gasteiger partial charge in [0, 0.05) is 23.5 Å². The van der Waals surface area contributed by atoms with Crippen LogP contribution in [0.25, 0.3) is 0 Å². The Morgan fingerprint density at radius 2 is 1.97 bits per heavy atom. The van der Waals surface area contributed by atoms with E-state index < -0.39 is 23.6 Å². The number of alkyl halides is 2. The number of nitrogens with one attached hydrogen (secondary N) is 1. The van der Waals surface area contributed by atoms with Gasteiger partial charge < -0.3 is 0 Å². The molecule has 1 aromatic carbocycles. The molecule has 1 aliphatic carbocycles. The number of benzene rings is 1. The van der Waals surface area contributed by atoms with E-state index in [-0.39, 0.29) is 0 Å². The SMILES string of the molecule is Cc1cc(N2c3cc(C4CC4)ccc3C=NC2C(F)(F)c2ccc(F)cn2)n[nH]1. The average Bonchev–Trinajstić information content (AvgIpc) is 3.48. The van der Waals surface area contributed by atoms with Gasteiger partial charge in [0.2, 0.25) is 0 Å². The van der Waals surface area contributed by atoms with Crippen molar-refractivity contribution < 1.29 is 13.2 Å². The molecule has 0 spiro atoms. The van der Waals surface area contributed by atoms with Gasteiger partial charge in [0.25, 0.3) is 0 Å². The predicted octanol–water partition coefficient (Wildman–Crippen LogP) is 4.82. The zero-order valence-electron chi connectivity index (χ0n) is 15.6. The van der Waals surface area contributed by atoms with Gasteiger partial charge >= 0.3 is 5.92 Å². The summed E-state index contributed by atoms with van der Waals surface area (Å²) in [4.78, 5) is 9.22. The highest BCUT2D eigenvalue weighted by molar-refractivity contribution is 5.92. The predicted molar refractivity (Wildman–Crippen MR) is 103 cm³/mol. The summed E-state index contributed by atoms with van der Waals surface area (Å²) in [5.74, 6) is -3.32. The van der Waals surface area contributed by atoms with Crippen LogP contribution in [0.1, 0.15) is 41.3 Å². The minimum atomic E-state index is -3.47. The number of halogens is 3. The van der Waals surface area contributed by atoms with Gasteiger partial charge in [-0.05, 0) is 49.4 Å². The van der Waals surface area contributed by atoms with Crippen LogP contribution in [0.5, 0.6) is 0 Å². The lowest BCUT2D eigenvalue weighted by Crippen LogP contribution is -2.45. The van der Waals surface area contributed by atoms with Crippen molar-refractivity contribution in [3.63, 3.8) is 0 Å². The highest BCUT2D eigenvalue weighted by Crippen LogP contribution is 2.46. The summed E-state index contributed by atoms with van der Waals surface area (Å²) in [6.07, 6.45) is 2.87. The number of hydrogen-bond acceptors (Lipinski definition) is 4. The molecule has 1 unspecified atom stereocenters. The van der Waals surface area contributed by atoms with Crippen molar-refractivity contribution in [3.05, 3.63) is 70.9 Å². The number of pyridine rings is 1. The molecule has 3 aromatic rings.